The zero-order valence-electron chi connectivity index (χ0n) is 13.9. The summed E-state index contributed by atoms with van der Waals surface area (Å²) in [6.07, 6.45) is -0.808. The molecule has 2 heterocycles. The molecule has 0 unspecified atom stereocenters. The maximum absolute atomic E-state index is 12.1. The number of nitrogens with zero attached hydrogens (tertiary/aromatic N) is 3. The molecule has 0 radical (unpaired) electrons. The fourth-order valence-electron chi connectivity index (χ4n) is 2.81. The van der Waals surface area contributed by atoms with Crippen molar-refractivity contribution in [2.75, 3.05) is 6.79 Å². The molecule has 9 nitrogen and oxygen atoms in total. The Kier molecular flexibility index (Phi) is 4.34. The molecule has 1 amide bonds. The third-order valence-corrected chi connectivity index (χ3v) is 4.69. The number of ether oxygens (including phenoxy) is 3. The zero-order valence-corrected chi connectivity index (χ0v) is 16.1. The summed E-state index contributed by atoms with van der Waals surface area (Å²) in [6, 6.07) is 10.1. The molecule has 10 heteroatoms. The first-order valence-corrected chi connectivity index (χ1v) is 8.91. The van der Waals surface area contributed by atoms with Crippen LogP contribution in [0.3, 0.4) is 0 Å². The van der Waals surface area contributed by atoms with Gasteiger partial charge in [0, 0.05) is 22.1 Å². The number of hydrazone groups is 1. The Labute approximate surface area is 166 Å². The average molecular weight is 481 g/mol. The number of carbonyl (C=O) groups is 1. The van der Waals surface area contributed by atoms with E-state index in [4.69, 9.17) is 14.2 Å². The Morgan fingerprint density at radius 2 is 2.04 bits per heavy atom. The largest absolute Gasteiger partial charge is 0.454 e. The van der Waals surface area contributed by atoms with Crippen molar-refractivity contribution in [1.82, 2.24) is 5.01 Å². The van der Waals surface area contributed by atoms with Gasteiger partial charge in [-0.2, -0.15) is 5.01 Å². The fourth-order valence-corrected chi connectivity index (χ4v) is 3.37. The monoisotopic (exact) mass is 481 g/mol. The molecule has 2 aliphatic heterocycles. The highest BCUT2D eigenvalue weighted by Gasteiger charge is 2.37. The second-order valence-corrected chi connectivity index (χ2v) is 7.02. The van der Waals surface area contributed by atoms with Crippen molar-refractivity contribution >= 4 is 40.1 Å². The van der Waals surface area contributed by atoms with E-state index >= 15 is 0 Å². The number of benzene rings is 2. The van der Waals surface area contributed by atoms with E-state index in [-0.39, 0.29) is 35.6 Å². The number of rotatable bonds is 3. The quantitative estimate of drug-likeness (QED) is 0.379. The highest BCUT2D eigenvalue weighted by molar-refractivity contribution is 14.1. The molecule has 0 aliphatic carbocycles. The van der Waals surface area contributed by atoms with Gasteiger partial charge in [-0.05, 0) is 34.7 Å². The molecule has 0 N–H and O–H groups in total. The second kappa shape index (κ2) is 6.68. The summed E-state index contributed by atoms with van der Waals surface area (Å²) in [5.74, 6) is 0.256. The van der Waals surface area contributed by atoms with Crippen molar-refractivity contribution in [1.29, 1.82) is 0 Å². The van der Waals surface area contributed by atoms with E-state index in [1.54, 1.807) is 6.07 Å². The summed E-state index contributed by atoms with van der Waals surface area (Å²) in [5, 5.41) is 16.9. The number of halogens is 1. The molecule has 0 fully saturated rings. The number of fused-ring (bicyclic) bond motifs is 1. The van der Waals surface area contributed by atoms with Crippen LogP contribution in [0.2, 0.25) is 0 Å². The minimum Gasteiger partial charge on any atom is -0.454 e. The molecule has 2 aromatic rings. The molecule has 2 aromatic carbocycles. The lowest BCUT2D eigenvalue weighted by Gasteiger charge is -2.19. The van der Waals surface area contributed by atoms with Crippen molar-refractivity contribution in [3.8, 4) is 11.5 Å². The van der Waals surface area contributed by atoms with E-state index in [2.05, 4.69) is 27.7 Å². The Hall–Kier alpha value is -2.89. The third-order valence-electron chi connectivity index (χ3n) is 4.02. The molecule has 0 saturated carbocycles. The van der Waals surface area contributed by atoms with Gasteiger partial charge >= 0.3 is 0 Å². The van der Waals surface area contributed by atoms with Gasteiger partial charge in [-0.15, -0.1) is 5.10 Å². The maximum Gasteiger partial charge on any atom is 0.286 e. The highest BCUT2D eigenvalue weighted by Crippen LogP contribution is 2.40. The van der Waals surface area contributed by atoms with Crippen LogP contribution in [0.5, 0.6) is 11.5 Å². The van der Waals surface area contributed by atoms with Crippen molar-refractivity contribution in [3.05, 3.63) is 61.2 Å². The minimum atomic E-state index is -0.808. The van der Waals surface area contributed by atoms with Crippen LogP contribution in [0.1, 0.15) is 24.3 Å². The van der Waals surface area contributed by atoms with Gasteiger partial charge in [-0.3, -0.25) is 14.9 Å². The number of nitro benzene ring substituents is 1. The normalized spacial score (nSPS) is 17.5. The van der Waals surface area contributed by atoms with Gasteiger partial charge in [0.2, 0.25) is 24.8 Å². The standard InChI is InChI=1S/C17H12IN3O6/c1-9(22)20-17(10-3-2-4-11(18)5-10)27-16(19-20)12-6-14-15(26-8-25-14)7-13(12)21(23)24/h2-7,17H,8H2,1H3/t17-/m0/s1. The number of amides is 1. The van der Waals surface area contributed by atoms with Gasteiger partial charge in [0.15, 0.2) is 11.5 Å². The van der Waals surface area contributed by atoms with Crippen LogP contribution in [0, 0.1) is 13.7 Å². The number of hydrogen-bond donors (Lipinski definition) is 0. The van der Waals surface area contributed by atoms with Gasteiger partial charge in [0.05, 0.1) is 11.0 Å². The summed E-state index contributed by atoms with van der Waals surface area (Å²) in [6.45, 7) is 1.33. The van der Waals surface area contributed by atoms with E-state index in [9.17, 15) is 14.9 Å². The molecule has 2 aliphatic rings. The summed E-state index contributed by atoms with van der Waals surface area (Å²) in [4.78, 5) is 23.0. The first kappa shape index (κ1) is 17.5. The zero-order chi connectivity index (χ0) is 19.1. The lowest BCUT2D eigenvalue weighted by Crippen LogP contribution is -2.25. The van der Waals surface area contributed by atoms with Crippen molar-refractivity contribution < 1.29 is 23.9 Å². The van der Waals surface area contributed by atoms with E-state index in [0.717, 1.165) is 8.58 Å². The molecule has 0 bridgehead atoms. The summed E-state index contributed by atoms with van der Waals surface area (Å²) in [5.41, 5.74) is 0.577. The SMILES string of the molecule is CC(=O)N1N=C(c2cc3c(cc2[N+](=O)[O-])OCO3)O[C@H]1c1cccc(I)c1. The topological polar surface area (TPSA) is 104 Å². The Morgan fingerprint density at radius 3 is 2.70 bits per heavy atom. The molecule has 27 heavy (non-hydrogen) atoms. The predicted molar refractivity (Wildman–Crippen MR) is 101 cm³/mol. The molecular formula is C17H12IN3O6. The Balaban J connectivity index is 1.78. The van der Waals surface area contributed by atoms with E-state index in [1.807, 2.05) is 18.2 Å². The van der Waals surface area contributed by atoms with Crippen molar-refractivity contribution in [3.63, 3.8) is 0 Å². The van der Waals surface area contributed by atoms with Gasteiger partial charge in [0.25, 0.3) is 5.69 Å². The minimum absolute atomic E-state index is 0.0199. The van der Waals surface area contributed by atoms with Crippen LogP contribution < -0.4 is 9.47 Å². The number of hydrogen-bond acceptors (Lipinski definition) is 7. The molecule has 0 spiro atoms. The molecule has 4 rings (SSSR count). The smallest absolute Gasteiger partial charge is 0.286 e. The average Bonchev–Trinajstić information content (AvgIpc) is 3.27. The molecule has 0 saturated heterocycles. The fraction of sp³-hybridized carbons (Fsp3) is 0.176. The van der Waals surface area contributed by atoms with Crippen LogP contribution in [0.25, 0.3) is 0 Å². The van der Waals surface area contributed by atoms with Crippen molar-refractivity contribution in [2.45, 2.75) is 13.2 Å². The lowest BCUT2D eigenvalue weighted by atomic mass is 10.1. The predicted octanol–water partition coefficient (Wildman–Crippen LogP) is 3.17. The molecule has 1 atom stereocenters. The summed E-state index contributed by atoms with van der Waals surface area (Å²) >= 11 is 2.15. The van der Waals surface area contributed by atoms with Crippen LogP contribution in [0.15, 0.2) is 41.5 Å². The molecular weight excluding hydrogens is 469 g/mol. The van der Waals surface area contributed by atoms with Gasteiger partial charge in [-0.25, -0.2) is 0 Å². The summed E-state index contributed by atoms with van der Waals surface area (Å²) in [7, 11) is 0. The van der Waals surface area contributed by atoms with Crippen LogP contribution in [-0.2, 0) is 9.53 Å². The lowest BCUT2D eigenvalue weighted by molar-refractivity contribution is -0.385. The maximum atomic E-state index is 12.1. The third kappa shape index (κ3) is 3.16. The van der Waals surface area contributed by atoms with Crippen molar-refractivity contribution in [2.24, 2.45) is 5.10 Å². The summed E-state index contributed by atoms with van der Waals surface area (Å²) < 4.78 is 17.3. The Morgan fingerprint density at radius 1 is 1.30 bits per heavy atom. The highest BCUT2D eigenvalue weighted by atomic mass is 127. The first-order chi connectivity index (χ1) is 12.9. The van der Waals surface area contributed by atoms with Crippen LogP contribution in [0.4, 0.5) is 5.69 Å². The van der Waals surface area contributed by atoms with E-state index < -0.39 is 11.2 Å². The number of nitro groups is 1. The second-order valence-electron chi connectivity index (χ2n) is 5.77. The molecule has 0 aromatic heterocycles. The van der Waals surface area contributed by atoms with E-state index in [0.29, 0.717) is 11.3 Å². The van der Waals surface area contributed by atoms with Gasteiger partial charge in [-0.1, -0.05) is 12.1 Å². The Bertz CT molecular complexity index is 993. The van der Waals surface area contributed by atoms with Crippen LogP contribution in [-0.4, -0.2) is 28.5 Å². The first-order valence-electron chi connectivity index (χ1n) is 7.83. The van der Waals surface area contributed by atoms with Gasteiger partial charge < -0.3 is 14.2 Å². The van der Waals surface area contributed by atoms with Gasteiger partial charge in [0.1, 0.15) is 5.56 Å². The van der Waals surface area contributed by atoms with E-state index in [1.165, 1.54) is 19.1 Å². The number of carbonyl (C=O) groups excluding carboxylic acids is 1. The van der Waals surface area contributed by atoms with Crippen LogP contribution >= 0.6 is 22.6 Å². The molecule has 138 valence electrons.